The van der Waals surface area contributed by atoms with E-state index in [1.165, 1.54) is 0 Å². The highest BCUT2D eigenvalue weighted by molar-refractivity contribution is 8.15. The lowest BCUT2D eigenvalue weighted by Crippen LogP contribution is -2.11. The third-order valence-corrected chi connectivity index (χ3v) is 2.41. The van der Waals surface area contributed by atoms with Crippen LogP contribution in [0.15, 0.2) is 0 Å². The van der Waals surface area contributed by atoms with Crippen LogP contribution in [-0.4, -0.2) is 31.3 Å². The van der Waals surface area contributed by atoms with Gasteiger partial charge in [-0.2, -0.15) is 0 Å². The standard InChI is InChI=1S/C5H10O3S2/c1-3-9-5(6)4-10(2,7)8/h3-4H2,1-2H3. The van der Waals surface area contributed by atoms with Crippen LogP contribution in [0.4, 0.5) is 0 Å². The van der Waals surface area contributed by atoms with Gasteiger partial charge in [-0.05, 0) is 5.75 Å². The highest BCUT2D eigenvalue weighted by atomic mass is 32.2. The summed E-state index contributed by atoms with van der Waals surface area (Å²) in [6.07, 6.45) is 1.06. The number of hydrogen-bond donors (Lipinski definition) is 0. The zero-order valence-corrected chi connectivity index (χ0v) is 7.59. The van der Waals surface area contributed by atoms with E-state index >= 15 is 0 Å². The summed E-state index contributed by atoms with van der Waals surface area (Å²) in [4.78, 5) is 10.6. The molecule has 10 heavy (non-hydrogen) atoms. The van der Waals surface area contributed by atoms with Gasteiger partial charge >= 0.3 is 0 Å². The second-order valence-corrected chi connectivity index (χ2v) is 5.34. The van der Waals surface area contributed by atoms with Crippen molar-refractivity contribution in [2.75, 3.05) is 17.8 Å². The Morgan fingerprint density at radius 2 is 2.00 bits per heavy atom. The number of rotatable bonds is 3. The first-order valence-electron chi connectivity index (χ1n) is 2.79. The van der Waals surface area contributed by atoms with E-state index in [-0.39, 0.29) is 10.9 Å². The predicted octanol–water partition coefficient (Wildman–Crippen LogP) is 0.311. The molecular weight excluding hydrogens is 172 g/mol. The van der Waals surface area contributed by atoms with E-state index in [1.807, 2.05) is 6.92 Å². The zero-order chi connectivity index (χ0) is 8.20. The Morgan fingerprint density at radius 1 is 1.50 bits per heavy atom. The van der Waals surface area contributed by atoms with E-state index in [9.17, 15) is 13.2 Å². The molecule has 0 aliphatic carbocycles. The van der Waals surface area contributed by atoms with Crippen LogP contribution in [-0.2, 0) is 14.6 Å². The first kappa shape index (κ1) is 9.97. The Labute approximate surface area is 65.1 Å². The van der Waals surface area contributed by atoms with Crippen LogP contribution in [0.2, 0.25) is 0 Å². The molecule has 0 aliphatic rings. The van der Waals surface area contributed by atoms with Crippen LogP contribution in [0.5, 0.6) is 0 Å². The molecule has 0 spiro atoms. The molecule has 0 aromatic carbocycles. The molecule has 0 unspecified atom stereocenters. The van der Waals surface area contributed by atoms with Gasteiger partial charge in [0.1, 0.15) is 5.75 Å². The Hall–Kier alpha value is -0.0300. The molecule has 0 fully saturated rings. The molecule has 0 atom stereocenters. The summed E-state index contributed by atoms with van der Waals surface area (Å²) in [5.74, 6) is 0.292. The van der Waals surface area contributed by atoms with Crippen molar-refractivity contribution in [1.29, 1.82) is 0 Å². The van der Waals surface area contributed by atoms with Crippen LogP contribution in [0.3, 0.4) is 0 Å². The molecule has 0 aromatic rings. The maximum Gasteiger partial charge on any atom is 0.203 e. The maximum atomic E-state index is 10.6. The summed E-state index contributed by atoms with van der Waals surface area (Å²) < 4.78 is 21.0. The van der Waals surface area contributed by atoms with Crippen LogP contribution >= 0.6 is 11.8 Å². The second kappa shape index (κ2) is 3.98. The fraction of sp³-hybridized carbons (Fsp3) is 0.800. The molecule has 3 nitrogen and oxygen atoms in total. The highest BCUT2D eigenvalue weighted by Gasteiger charge is 2.09. The molecule has 0 radical (unpaired) electrons. The molecular formula is C5H10O3S2. The molecule has 0 heterocycles. The Kier molecular flexibility index (Phi) is 3.96. The number of thioether (sulfide) groups is 1. The van der Waals surface area contributed by atoms with Crippen molar-refractivity contribution in [3.8, 4) is 0 Å². The SMILES string of the molecule is CCSC(=O)CS(C)(=O)=O. The zero-order valence-electron chi connectivity index (χ0n) is 5.96. The van der Waals surface area contributed by atoms with Crippen LogP contribution in [0.1, 0.15) is 6.92 Å². The minimum Gasteiger partial charge on any atom is -0.286 e. The Bertz CT molecular complexity index is 205. The van der Waals surface area contributed by atoms with Gasteiger partial charge < -0.3 is 0 Å². The van der Waals surface area contributed by atoms with Crippen molar-refractivity contribution < 1.29 is 13.2 Å². The van der Waals surface area contributed by atoms with Gasteiger partial charge in [-0.3, -0.25) is 4.79 Å². The van der Waals surface area contributed by atoms with E-state index < -0.39 is 9.84 Å². The van der Waals surface area contributed by atoms with Crippen molar-refractivity contribution in [3.05, 3.63) is 0 Å². The average Bonchev–Trinajstić information content (AvgIpc) is 1.59. The smallest absolute Gasteiger partial charge is 0.203 e. The third-order valence-electron chi connectivity index (χ3n) is 0.685. The minimum atomic E-state index is -3.12. The summed E-state index contributed by atoms with van der Waals surface area (Å²) in [6.45, 7) is 1.81. The molecule has 0 bridgehead atoms. The molecule has 0 aliphatic heterocycles. The van der Waals surface area contributed by atoms with Gasteiger partial charge in [0.05, 0.1) is 0 Å². The molecule has 5 heteroatoms. The summed E-state index contributed by atoms with van der Waals surface area (Å²) >= 11 is 1.04. The lowest BCUT2D eigenvalue weighted by Gasteiger charge is -1.93. The molecule has 0 saturated carbocycles. The summed E-state index contributed by atoms with van der Waals surface area (Å²) in [5, 5.41) is -0.273. The third kappa shape index (κ3) is 6.10. The number of carbonyl (C=O) groups excluding carboxylic acids is 1. The predicted molar refractivity (Wildman–Crippen MR) is 42.8 cm³/mol. The van der Waals surface area contributed by atoms with Gasteiger partial charge in [-0.25, -0.2) is 8.42 Å². The molecule has 0 N–H and O–H groups in total. The van der Waals surface area contributed by atoms with Gasteiger partial charge in [0.25, 0.3) is 0 Å². The topological polar surface area (TPSA) is 51.2 Å². The van der Waals surface area contributed by atoms with Gasteiger partial charge in [0, 0.05) is 6.26 Å². The number of hydrogen-bond acceptors (Lipinski definition) is 4. The largest absolute Gasteiger partial charge is 0.286 e. The lowest BCUT2D eigenvalue weighted by molar-refractivity contribution is -0.108. The quantitative estimate of drug-likeness (QED) is 0.630. The molecule has 0 rings (SSSR count). The number of carbonyl (C=O) groups is 1. The monoisotopic (exact) mass is 182 g/mol. The van der Waals surface area contributed by atoms with E-state index in [4.69, 9.17) is 0 Å². The summed E-state index contributed by atoms with van der Waals surface area (Å²) in [6, 6.07) is 0. The molecule has 0 aromatic heterocycles. The summed E-state index contributed by atoms with van der Waals surface area (Å²) in [7, 11) is -3.12. The Morgan fingerprint density at radius 3 is 2.30 bits per heavy atom. The second-order valence-electron chi connectivity index (χ2n) is 1.88. The molecule has 0 saturated heterocycles. The fourth-order valence-corrected chi connectivity index (χ4v) is 2.14. The van der Waals surface area contributed by atoms with Gasteiger partial charge in [0.2, 0.25) is 5.12 Å². The van der Waals surface area contributed by atoms with Crippen molar-refractivity contribution in [2.24, 2.45) is 0 Å². The van der Waals surface area contributed by atoms with Crippen molar-refractivity contribution >= 4 is 26.7 Å². The van der Waals surface area contributed by atoms with E-state index in [1.54, 1.807) is 0 Å². The van der Waals surface area contributed by atoms with Crippen LogP contribution in [0, 0.1) is 0 Å². The van der Waals surface area contributed by atoms with E-state index in [2.05, 4.69) is 0 Å². The van der Waals surface area contributed by atoms with Crippen molar-refractivity contribution in [2.45, 2.75) is 6.92 Å². The minimum absolute atomic E-state index is 0.273. The molecule has 0 amide bonds. The maximum absolute atomic E-state index is 10.6. The van der Waals surface area contributed by atoms with Crippen LogP contribution < -0.4 is 0 Å². The Balaban J connectivity index is 3.82. The normalized spacial score (nSPS) is 11.4. The van der Waals surface area contributed by atoms with E-state index in [0.717, 1.165) is 18.0 Å². The molecule has 60 valence electrons. The highest BCUT2D eigenvalue weighted by Crippen LogP contribution is 2.01. The first-order valence-corrected chi connectivity index (χ1v) is 5.83. The van der Waals surface area contributed by atoms with Crippen molar-refractivity contribution in [3.63, 3.8) is 0 Å². The first-order chi connectivity index (χ1) is 4.45. The van der Waals surface area contributed by atoms with Gasteiger partial charge in [-0.15, -0.1) is 0 Å². The van der Waals surface area contributed by atoms with Gasteiger partial charge in [-0.1, -0.05) is 18.7 Å². The summed E-state index contributed by atoms with van der Waals surface area (Å²) in [5.41, 5.74) is 0. The fourth-order valence-electron chi connectivity index (χ4n) is 0.417. The lowest BCUT2D eigenvalue weighted by atomic mass is 10.9. The van der Waals surface area contributed by atoms with Crippen LogP contribution in [0.25, 0.3) is 0 Å². The van der Waals surface area contributed by atoms with Gasteiger partial charge in [0.15, 0.2) is 9.84 Å². The van der Waals surface area contributed by atoms with E-state index in [0.29, 0.717) is 5.75 Å². The number of sulfone groups is 1. The van der Waals surface area contributed by atoms with Crippen molar-refractivity contribution in [1.82, 2.24) is 0 Å². The average molecular weight is 182 g/mol.